The van der Waals surface area contributed by atoms with Crippen molar-refractivity contribution in [1.29, 1.82) is 0 Å². The molecule has 0 saturated heterocycles. The third-order valence-electron chi connectivity index (χ3n) is 6.41. The van der Waals surface area contributed by atoms with Gasteiger partial charge in [-0.25, -0.2) is 0 Å². The van der Waals surface area contributed by atoms with Crippen molar-refractivity contribution in [2.24, 2.45) is 0 Å². The summed E-state index contributed by atoms with van der Waals surface area (Å²) >= 11 is 0. The second-order valence-electron chi connectivity index (χ2n) is 9.23. The smallest absolute Gasteiger partial charge is 0.00556 e. The highest BCUT2D eigenvalue weighted by atomic mass is 15.0. The van der Waals surface area contributed by atoms with E-state index < -0.39 is 0 Å². The van der Waals surface area contributed by atoms with Gasteiger partial charge in [-0.1, -0.05) is 140 Å². The Morgan fingerprint density at radius 2 is 0.757 bits per heavy atom. The van der Waals surface area contributed by atoms with E-state index in [2.05, 4.69) is 152 Å². The molecule has 0 heterocycles. The number of hydrogen-bond acceptors (Lipinski definition) is 1. The number of nitrogens with zero attached hydrogens (tertiary/aromatic N) is 1. The summed E-state index contributed by atoms with van der Waals surface area (Å²) in [5.74, 6) is 0. The van der Waals surface area contributed by atoms with Gasteiger partial charge in [0.05, 0.1) is 0 Å². The minimum absolute atomic E-state index is 1.21. The van der Waals surface area contributed by atoms with E-state index in [1.807, 2.05) is 19.0 Å². The van der Waals surface area contributed by atoms with Crippen LogP contribution in [0.2, 0.25) is 0 Å². The lowest BCUT2D eigenvalue weighted by Gasteiger charge is -2.14. The van der Waals surface area contributed by atoms with Gasteiger partial charge in [0.25, 0.3) is 0 Å². The van der Waals surface area contributed by atoms with Crippen molar-refractivity contribution in [3.05, 3.63) is 180 Å². The Balaban J connectivity index is 1.86. The van der Waals surface area contributed by atoms with Gasteiger partial charge in [0.15, 0.2) is 0 Å². The summed E-state index contributed by atoms with van der Waals surface area (Å²) in [6.45, 7) is 0. The largest absolute Gasteiger partial charge is 0.383 e. The zero-order valence-electron chi connectivity index (χ0n) is 21.4. The molecule has 0 aliphatic heterocycles. The summed E-state index contributed by atoms with van der Waals surface area (Å²) in [5, 5.41) is 0. The van der Waals surface area contributed by atoms with Gasteiger partial charge < -0.3 is 4.90 Å². The molecule has 0 fully saturated rings. The number of hydrogen-bond donors (Lipinski definition) is 0. The van der Waals surface area contributed by atoms with Crippen LogP contribution in [-0.4, -0.2) is 19.0 Å². The van der Waals surface area contributed by atoms with E-state index in [-0.39, 0.29) is 0 Å². The Morgan fingerprint density at radius 3 is 1.11 bits per heavy atom. The quantitative estimate of drug-likeness (QED) is 0.240. The van der Waals surface area contributed by atoms with Crippen molar-refractivity contribution in [1.82, 2.24) is 4.90 Å². The van der Waals surface area contributed by atoms with Crippen LogP contribution in [0.3, 0.4) is 0 Å². The molecule has 0 radical (unpaired) electrons. The van der Waals surface area contributed by atoms with Crippen LogP contribution in [0.25, 0.3) is 22.3 Å². The molecule has 0 unspecified atom stereocenters. The van der Waals surface area contributed by atoms with Crippen molar-refractivity contribution in [3.8, 4) is 0 Å². The van der Waals surface area contributed by atoms with Crippen molar-refractivity contribution in [3.63, 3.8) is 0 Å². The highest BCUT2D eigenvalue weighted by Gasteiger charge is 2.32. The van der Waals surface area contributed by atoms with Crippen LogP contribution in [0.15, 0.2) is 157 Å². The maximum absolute atomic E-state index is 2.27. The molecule has 0 saturated carbocycles. The zero-order chi connectivity index (χ0) is 25.5. The molecule has 0 N–H and O–H groups in total. The molecule has 37 heavy (non-hydrogen) atoms. The predicted molar refractivity (Wildman–Crippen MR) is 159 cm³/mol. The molecular weight excluding hydrogens is 446 g/mol. The normalized spacial score (nSPS) is 13.7. The maximum atomic E-state index is 2.27. The van der Waals surface area contributed by atoms with Crippen LogP contribution in [0, 0.1) is 0 Å². The van der Waals surface area contributed by atoms with Crippen molar-refractivity contribution < 1.29 is 0 Å². The molecule has 1 aliphatic rings. The Kier molecular flexibility index (Phi) is 7.43. The first kappa shape index (κ1) is 24.1. The second kappa shape index (κ2) is 11.4. The van der Waals surface area contributed by atoms with Gasteiger partial charge in [-0.3, -0.25) is 0 Å². The first-order valence-corrected chi connectivity index (χ1v) is 12.7. The van der Waals surface area contributed by atoms with Gasteiger partial charge in [0.1, 0.15) is 0 Å². The highest BCUT2D eigenvalue weighted by Crippen LogP contribution is 2.54. The van der Waals surface area contributed by atoms with Crippen molar-refractivity contribution in [2.75, 3.05) is 14.1 Å². The van der Waals surface area contributed by atoms with Crippen LogP contribution in [0.5, 0.6) is 0 Å². The topological polar surface area (TPSA) is 3.24 Å². The number of allylic oxidation sites excluding steroid dienone is 9. The molecule has 180 valence electrons. The summed E-state index contributed by atoms with van der Waals surface area (Å²) in [6.07, 6.45) is 10.6. The molecule has 0 bridgehead atoms. The van der Waals surface area contributed by atoms with Crippen LogP contribution in [0.4, 0.5) is 0 Å². The fraction of sp³-hybridized carbons (Fsp3) is 0.0556. The lowest BCUT2D eigenvalue weighted by Crippen LogP contribution is -1.99. The second-order valence-corrected chi connectivity index (χ2v) is 9.23. The Bertz CT molecular complexity index is 1380. The fourth-order valence-electron chi connectivity index (χ4n) is 4.85. The van der Waals surface area contributed by atoms with E-state index in [9.17, 15) is 0 Å². The molecule has 0 atom stereocenters. The lowest BCUT2D eigenvalue weighted by atomic mass is 9.89. The molecule has 0 amide bonds. The molecule has 1 heteroatoms. The van der Waals surface area contributed by atoms with E-state index in [1.54, 1.807) is 0 Å². The zero-order valence-corrected chi connectivity index (χ0v) is 21.4. The molecule has 1 aliphatic carbocycles. The predicted octanol–water partition coefficient (Wildman–Crippen LogP) is 8.78. The van der Waals surface area contributed by atoms with Gasteiger partial charge in [-0.2, -0.15) is 0 Å². The first-order valence-electron chi connectivity index (χ1n) is 12.7. The van der Waals surface area contributed by atoms with E-state index >= 15 is 0 Å². The SMILES string of the molecule is CN(C)C=CC=CC=C1C(c2ccccc2)=C(c2ccccc2)C(c2ccccc2)=C1c1ccccc1. The molecule has 1 nitrogen and oxygen atoms in total. The van der Waals surface area contributed by atoms with Gasteiger partial charge in [0, 0.05) is 14.1 Å². The fourth-order valence-corrected chi connectivity index (χ4v) is 4.85. The Hall–Kier alpha value is -4.62. The van der Waals surface area contributed by atoms with Gasteiger partial charge in [0.2, 0.25) is 0 Å². The Morgan fingerprint density at radius 1 is 0.405 bits per heavy atom. The average molecular weight is 478 g/mol. The summed E-state index contributed by atoms with van der Waals surface area (Å²) in [4.78, 5) is 2.04. The number of benzene rings is 4. The van der Waals surface area contributed by atoms with E-state index in [4.69, 9.17) is 0 Å². The van der Waals surface area contributed by atoms with Crippen LogP contribution in [-0.2, 0) is 0 Å². The number of rotatable bonds is 7. The van der Waals surface area contributed by atoms with E-state index in [0.29, 0.717) is 0 Å². The van der Waals surface area contributed by atoms with Crippen LogP contribution < -0.4 is 0 Å². The first-order chi connectivity index (χ1) is 18.2. The van der Waals surface area contributed by atoms with E-state index in [1.165, 1.54) is 50.1 Å². The molecule has 4 aromatic rings. The Labute approximate surface area is 220 Å². The molecule has 0 spiro atoms. The molecular formula is C36H31N. The summed E-state index contributed by atoms with van der Waals surface area (Å²) in [5.41, 5.74) is 11.1. The van der Waals surface area contributed by atoms with Gasteiger partial charge >= 0.3 is 0 Å². The summed E-state index contributed by atoms with van der Waals surface area (Å²) < 4.78 is 0. The van der Waals surface area contributed by atoms with Crippen LogP contribution in [0.1, 0.15) is 22.3 Å². The molecule has 4 aromatic carbocycles. The summed E-state index contributed by atoms with van der Waals surface area (Å²) in [7, 11) is 4.06. The minimum Gasteiger partial charge on any atom is -0.383 e. The molecule has 5 rings (SSSR count). The van der Waals surface area contributed by atoms with Crippen LogP contribution >= 0.6 is 0 Å². The monoisotopic (exact) mass is 477 g/mol. The van der Waals surface area contributed by atoms with Gasteiger partial charge in [-0.05, 0) is 62.4 Å². The maximum Gasteiger partial charge on any atom is 0.00556 e. The highest BCUT2D eigenvalue weighted by molar-refractivity contribution is 6.34. The summed E-state index contributed by atoms with van der Waals surface area (Å²) in [6, 6.07) is 43.1. The third kappa shape index (κ3) is 5.32. The third-order valence-corrected chi connectivity index (χ3v) is 6.41. The minimum atomic E-state index is 1.21. The molecule has 0 aromatic heterocycles. The lowest BCUT2D eigenvalue weighted by molar-refractivity contribution is 0.564. The van der Waals surface area contributed by atoms with Gasteiger partial charge in [-0.15, -0.1) is 0 Å². The standard InChI is InChI=1S/C36H31N/c1-37(2)27-17-7-16-26-32-33(28-18-8-3-9-19-28)35(30-22-12-5-13-23-30)36(31-24-14-6-15-25-31)34(32)29-20-10-4-11-21-29/h3-27H,1-2H3. The average Bonchev–Trinajstić information content (AvgIpc) is 3.29. The van der Waals surface area contributed by atoms with E-state index in [0.717, 1.165) is 0 Å². The van der Waals surface area contributed by atoms with Crippen molar-refractivity contribution in [2.45, 2.75) is 0 Å². The van der Waals surface area contributed by atoms with Crippen molar-refractivity contribution >= 4 is 22.3 Å².